The second-order valence-electron chi connectivity index (χ2n) is 7.36. The fourth-order valence-corrected chi connectivity index (χ4v) is 3.77. The van der Waals surface area contributed by atoms with E-state index in [4.69, 9.17) is 14.7 Å². The molecule has 1 aromatic heterocycles. The van der Waals surface area contributed by atoms with Gasteiger partial charge in [0.15, 0.2) is 6.61 Å². The number of fused-ring (bicyclic) bond motifs is 1. The second-order valence-corrected chi connectivity index (χ2v) is 7.36. The van der Waals surface area contributed by atoms with Crippen molar-refractivity contribution in [1.82, 2.24) is 4.98 Å². The molecule has 1 aliphatic carbocycles. The molecule has 0 fully saturated rings. The molecule has 0 amide bonds. The number of carbonyl (C=O) groups is 1. The Hall–Kier alpha value is -3.93. The van der Waals surface area contributed by atoms with Crippen molar-refractivity contribution in [3.63, 3.8) is 0 Å². The number of allylic oxidation sites excluding steroid dienone is 1. The highest BCUT2D eigenvalue weighted by Crippen LogP contribution is 2.34. The molecule has 0 aliphatic heterocycles. The fraction of sp³-hybridized carbons (Fsp3) is 0.222. The molecule has 6 heteroatoms. The average Bonchev–Trinajstić information content (AvgIpc) is 2.84. The third kappa shape index (κ3) is 6.07. The standard InChI is InChI=1S/C26H24N2O4.CH4/c29-25(30)18-31-24-13-5-11-22-19(9-4-12-23(22)24)14-16-32-28-26(20-7-2-1-3-8-20)21-10-6-15-27-17-21;/h1-3,5-11,13,15,17H,4,12,14,16,18H2,(H,29,30);1H4/b28-26+;. The highest BCUT2D eigenvalue weighted by molar-refractivity contribution is 6.12. The number of rotatable bonds is 9. The number of nitrogens with zero attached hydrogens (tertiary/aromatic N) is 2. The molecule has 1 aliphatic rings. The number of aromatic nitrogens is 1. The van der Waals surface area contributed by atoms with Gasteiger partial charge in [-0.1, -0.05) is 61.1 Å². The molecule has 1 heterocycles. The van der Waals surface area contributed by atoms with Crippen molar-refractivity contribution in [2.24, 2.45) is 5.16 Å². The van der Waals surface area contributed by atoms with Crippen LogP contribution in [0, 0.1) is 0 Å². The Morgan fingerprint density at radius 2 is 1.85 bits per heavy atom. The molecule has 0 atom stereocenters. The van der Waals surface area contributed by atoms with Crippen molar-refractivity contribution in [2.45, 2.75) is 26.7 Å². The van der Waals surface area contributed by atoms with Crippen LogP contribution in [-0.4, -0.2) is 35.0 Å². The number of hydrogen-bond donors (Lipinski definition) is 1. The molecule has 1 N–H and O–H groups in total. The molecule has 6 nitrogen and oxygen atoms in total. The van der Waals surface area contributed by atoms with Crippen molar-refractivity contribution in [3.8, 4) is 5.75 Å². The van der Waals surface area contributed by atoms with Gasteiger partial charge in [-0.25, -0.2) is 4.79 Å². The zero-order valence-electron chi connectivity index (χ0n) is 17.6. The molecule has 170 valence electrons. The highest BCUT2D eigenvalue weighted by atomic mass is 16.6. The van der Waals surface area contributed by atoms with Crippen LogP contribution in [0.5, 0.6) is 5.75 Å². The van der Waals surface area contributed by atoms with E-state index in [1.807, 2.05) is 60.7 Å². The second kappa shape index (κ2) is 11.6. The van der Waals surface area contributed by atoms with Gasteiger partial charge < -0.3 is 14.7 Å². The summed E-state index contributed by atoms with van der Waals surface area (Å²) in [5.41, 5.74) is 5.88. The summed E-state index contributed by atoms with van der Waals surface area (Å²) >= 11 is 0. The minimum Gasteiger partial charge on any atom is -0.482 e. The lowest BCUT2D eigenvalue weighted by atomic mass is 9.89. The van der Waals surface area contributed by atoms with E-state index in [-0.39, 0.29) is 14.0 Å². The zero-order valence-corrected chi connectivity index (χ0v) is 17.6. The van der Waals surface area contributed by atoms with Gasteiger partial charge in [0.05, 0.1) is 0 Å². The van der Waals surface area contributed by atoms with E-state index < -0.39 is 5.97 Å². The minimum absolute atomic E-state index is 0. The number of aliphatic carboxylic acids is 1. The van der Waals surface area contributed by atoms with Crippen LogP contribution in [0.1, 0.15) is 42.5 Å². The minimum atomic E-state index is -0.983. The van der Waals surface area contributed by atoms with E-state index in [1.54, 1.807) is 12.4 Å². The van der Waals surface area contributed by atoms with Gasteiger partial charge in [-0.05, 0) is 42.2 Å². The van der Waals surface area contributed by atoms with Crippen LogP contribution in [0.25, 0.3) is 5.57 Å². The predicted octanol–water partition coefficient (Wildman–Crippen LogP) is 5.37. The Bertz CT molecular complexity index is 1080. The van der Waals surface area contributed by atoms with Gasteiger partial charge in [0.25, 0.3) is 0 Å². The lowest BCUT2D eigenvalue weighted by Crippen LogP contribution is -2.12. The van der Waals surface area contributed by atoms with E-state index in [2.05, 4.69) is 16.2 Å². The molecule has 0 saturated heterocycles. The van der Waals surface area contributed by atoms with Crippen LogP contribution in [0.2, 0.25) is 0 Å². The van der Waals surface area contributed by atoms with Crippen LogP contribution in [-0.2, 0) is 16.1 Å². The maximum Gasteiger partial charge on any atom is 0.341 e. The summed E-state index contributed by atoms with van der Waals surface area (Å²) in [4.78, 5) is 20.8. The summed E-state index contributed by atoms with van der Waals surface area (Å²) in [6.45, 7) is 0.0754. The van der Waals surface area contributed by atoms with Crippen LogP contribution in [0.15, 0.2) is 84.3 Å². The fourth-order valence-electron chi connectivity index (χ4n) is 3.77. The van der Waals surface area contributed by atoms with Crippen molar-refractivity contribution in [3.05, 3.63) is 101 Å². The Morgan fingerprint density at radius 1 is 1.03 bits per heavy atom. The van der Waals surface area contributed by atoms with E-state index in [0.717, 1.165) is 46.4 Å². The van der Waals surface area contributed by atoms with Gasteiger partial charge in [0.2, 0.25) is 0 Å². The number of pyridine rings is 1. The molecule has 0 bridgehead atoms. The topological polar surface area (TPSA) is 81.0 Å². The van der Waals surface area contributed by atoms with Crippen LogP contribution in [0.4, 0.5) is 0 Å². The van der Waals surface area contributed by atoms with Crippen molar-refractivity contribution < 1.29 is 19.5 Å². The summed E-state index contributed by atoms with van der Waals surface area (Å²) in [5, 5.41) is 13.3. The maximum atomic E-state index is 10.9. The normalized spacial score (nSPS) is 12.7. The third-order valence-electron chi connectivity index (χ3n) is 5.22. The van der Waals surface area contributed by atoms with E-state index in [1.165, 1.54) is 0 Å². The number of oxime groups is 1. The Kier molecular flexibility index (Phi) is 8.36. The summed E-state index contributed by atoms with van der Waals surface area (Å²) in [6.07, 6.45) is 8.10. The van der Waals surface area contributed by atoms with Gasteiger partial charge in [-0.3, -0.25) is 4.98 Å². The highest BCUT2D eigenvalue weighted by Gasteiger charge is 2.17. The lowest BCUT2D eigenvalue weighted by molar-refractivity contribution is -0.139. The van der Waals surface area contributed by atoms with Gasteiger partial charge in [0, 0.05) is 35.5 Å². The molecule has 0 saturated carbocycles. The molecular formula is C27H28N2O4. The SMILES string of the molecule is C.O=C(O)COc1cccc2c1CCC=C2CCO/N=C(\c1ccccc1)c1cccnc1. The van der Waals surface area contributed by atoms with Crippen LogP contribution in [0.3, 0.4) is 0 Å². The average molecular weight is 445 g/mol. The zero-order chi connectivity index (χ0) is 22.2. The molecule has 2 aromatic carbocycles. The first-order valence-electron chi connectivity index (χ1n) is 10.5. The number of carboxylic acids is 1. The first-order valence-corrected chi connectivity index (χ1v) is 10.5. The predicted molar refractivity (Wildman–Crippen MR) is 129 cm³/mol. The Labute approximate surface area is 194 Å². The lowest BCUT2D eigenvalue weighted by Gasteiger charge is -2.20. The van der Waals surface area contributed by atoms with Gasteiger partial charge >= 0.3 is 5.97 Å². The molecule has 4 rings (SSSR count). The van der Waals surface area contributed by atoms with E-state index >= 15 is 0 Å². The van der Waals surface area contributed by atoms with Crippen molar-refractivity contribution >= 4 is 17.3 Å². The third-order valence-corrected chi connectivity index (χ3v) is 5.22. The van der Waals surface area contributed by atoms with Gasteiger partial charge in [-0.15, -0.1) is 0 Å². The molecule has 0 unspecified atom stereocenters. The summed E-state index contributed by atoms with van der Waals surface area (Å²) in [6, 6.07) is 19.5. The smallest absolute Gasteiger partial charge is 0.341 e. The van der Waals surface area contributed by atoms with Gasteiger partial charge in [0.1, 0.15) is 18.1 Å². The van der Waals surface area contributed by atoms with Gasteiger partial charge in [-0.2, -0.15) is 0 Å². The number of carboxylic acid groups (broad SMARTS) is 1. The molecular weight excluding hydrogens is 416 g/mol. The van der Waals surface area contributed by atoms with Crippen molar-refractivity contribution in [1.29, 1.82) is 0 Å². The number of hydrogen-bond acceptors (Lipinski definition) is 5. The number of ether oxygens (including phenoxy) is 1. The Morgan fingerprint density at radius 3 is 2.61 bits per heavy atom. The molecule has 33 heavy (non-hydrogen) atoms. The summed E-state index contributed by atoms with van der Waals surface area (Å²) in [5.74, 6) is -0.347. The Balaban J connectivity index is 0.00000306. The molecule has 0 radical (unpaired) electrons. The summed E-state index contributed by atoms with van der Waals surface area (Å²) < 4.78 is 5.48. The largest absolute Gasteiger partial charge is 0.482 e. The number of benzene rings is 2. The maximum absolute atomic E-state index is 10.9. The van der Waals surface area contributed by atoms with Crippen molar-refractivity contribution in [2.75, 3.05) is 13.2 Å². The van der Waals surface area contributed by atoms with E-state index in [0.29, 0.717) is 18.8 Å². The van der Waals surface area contributed by atoms with Crippen LogP contribution >= 0.6 is 0 Å². The molecule has 3 aromatic rings. The van der Waals surface area contributed by atoms with E-state index in [9.17, 15) is 4.79 Å². The molecule has 0 spiro atoms. The quantitative estimate of drug-likeness (QED) is 0.273. The monoisotopic (exact) mass is 444 g/mol. The van der Waals surface area contributed by atoms with Crippen LogP contribution < -0.4 is 4.74 Å². The summed E-state index contributed by atoms with van der Waals surface area (Å²) in [7, 11) is 0. The first kappa shape index (κ1) is 23.7. The first-order chi connectivity index (χ1) is 15.7.